The summed E-state index contributed by atoms with van der Waals surface area (Å²) in [4.78, 5) is 4.24. The number of hydrogen-bond donors (Lipinski definition) is 1. The fraction of sp³-hybridized carbons (Fsp3) is 0.889. The van der Waals surface area contributed by atoms with Gasteiger partial charge in [0.1, 0.15) is 0 Å². The molecule has 15 heavy (non-hydrogen) atoms. The minimum atomic E-state index is -2.88. The normalized spacial score (nSPS) is 23.0. The van der Waals surface area contributed by atoms with Crippen LogP contribution in [0.2, 0.25) is 0 Å². The van der Waals surface area contributed by atoms with Crippen molar-refractivity contribution in [2.45, 2.75) is 26.3 Å². The van der Waals surface area contributed by atoms with Crippen LogP contribution >= 0.6 is 11.8 Å². The molecule has 0 unspecified atom stereocenters. The highest BCUT2D eigenvalue weighted by atomic mass is 32.2. The van der Waals surface area contributed by atoms with Gasteiger partial charge in [-0.2, -0.15) is 0 Å². The van der Waals surface area contributed by atoms with Gasteiger partial charge in [0.2, 0.25) is 0 Å². The standard InChI is InChI=1S/C9H18N2O2S2/c1-4-15(12,13)6-5-10-8-11-9(2,3)7-14-8/h4-7H2,1-3H3,(H,10,11). The Balaban J connectivity index is 2.41. The summed E-state index contributed by atoms with van der Waals surface area (Å²) in [6, 6.07) is 0. The van der Waals surface area contributed by atoms with E-state index in [1.165, 1.54) is 0 Å². The van der Waals surface area contributed by atoms with Gasteiger partial charge in [-0.1, -0.05) is 18.7 Å². The molecule has 1 aliphatic rings. The van der Waals surface area contributed by atoms with Crippen molar-refractivity contribution in [1.82, 2.24) is 5.32 Å². The number of rotatable bonds is 4. The maximum Gasteiger partial charge on any atom is 0.157 e. The van der Waals surface area contributed by atoms with Crippen LogP contribution < -0.4 is 5.32 Å². The lowest BCUT2D eigenvalue weighted by atomic mass is 10.1. The van der Waals surface area contributed by atoms with Gasteiger partial charge in [-0.3, -0.25) is 4.99 Å². The molecule has 0 bridgehead atoms. The fourth-order valence-electron chi connectivity index (χ4n) is 1.13. The van der Waals surface area contributed by atoms with Gasteiger partial charge in [0.25, 0.3) is 0 Å². The monoisotopic (exact) mass is 250 g/mol. The van der Waals surface area contributed by atoms with Crippen molar-refractivity contribution in [3.63, 3.8) is 0 Å². The van der Waals surface area contributed by atoms with Gasteiger partial charge in [-0.15, -0.1) is 0 Å². The molecular formula is C9H18N2O2S2. The molecule has 1 rings (SSSR count). The van der Waals surface area contributed by atoms with Crippen molar-refractivity contribution >= 4 is 26.8 Å². The fourth-order valence-corrected chi connectivity index (χ4v) is 2.89. The molecule has 0 spiro atoms. The third-order valence-corrected chi connectivity index (χ3v) is 5.17. The van der Waals surface area contributed by atoms with Crippen molar-refractivity contribution in [3.8, 4) is 0 Å². The number of hydrogen-bond acceptors (Lipinski definition) is 4. The minimum Gasteiger partial charge on any atom is -0.359 e. The topological polar surface area (TPSA) is 58.5 Å². The Morgan fingerprint density at radius 1 is 1.53 bits per heavy atom. The number of nitrogens with zero attached hydrogens (tertiary/aromatic N) is 1. The molecule has 0 aromatic carbocycles. The largest absolute Gasteiger partial charge is 0.359 e. The number of amidine groups is 1. The lowest BCUT2D eigenvalue weighted by Gasteiger charge is -2.15. The number of sulfone groups is 1. The second-order valence-corrected chi connectivity index (χ2v) is 7.66. The van der Waals surface area contributed by atoms with Crippen LogP contribution in [0.15, 0.2) is 4.99 Å². The van der Waals surface area contributed by atoms with Gasteiger partial charge in [0.15, 0.2) is 15.0 Å². The molecule has 0 atom stereocenters. The molecule has 1 aliphatic heterocycles. The Labute approximate surface area is 95.8 Å². The molecule has 1 saturated heterocycles. The van der Waals surface area contributed by atoms with E-state index in [0.29, 0.717) is 6.54 Å². The van der Waals surface area contributed by atoms with Crippen LogP contribution in [0.1, 0.15) is 20.8 Å². The maximum atomic E-state index is 11.2. The van der Waals surface area contributed by atoms with Gasteiger partial charge >= 0.3 is 0 Å². The Morgan fingerprint density at radius 3 is 2.67 bits per heavy atom. The van der Waals surface area contributed by atoms with Crippen LogP contribution in [0.25, 0.3) is 0 Å². The summed E-state index contributed by atoms with van der Waals surface area (Å²) in [7, 11) is -2.88. The van der Waals surface area contributed by atoms with Gasteiger partial charge in [0.05, 0.1) is 12.3 Å². The molecule has 0 aromatic heterocycles. The quantitative estimate of drug-likeness (QED) is 0.805. The zero-order valence-electron chi connectivity index (χ0n) is 9.41. The van der Waals surface area contributed by atoms with E-state index in [2.05, 4.69) is 24.2 Å². The van der Waals surface area contributed by atoms with Crippen molar-refractivity contribution in [1.29, 1.82) is 0 Å². The van der Waals surface area contributed by atoms with E-state index >= 15 is 0 Å². The smallest absolute Gasteiger partial charge is 0.157 e. The molecule has 1 fully saturated rings. The van der Waals surface area contributed by atoms with E-state index in [9.17, 15) is 8.42 Å². The molecule has 0 aliphatic carbocycles. The van der Waals surface area contributed by atoms with Crippen LogP contribution in [0.5, 0.6) is 0 Å². The summed E-state index contributed by atoms with van der Waals surface area (Å²) in [5, 5.41) is 4.12. The maximum absolute atomic E-state index is 11.2. The highest BCUT2D eigenvalue weighted by molar-refractivity contribution is 8.14. The van der Waals surface area contributed by atoms with Crippen molar-refractivity contribution in [2.75, 3.05) is 23.8 Å². The Bertz CT molecular complexity index is 347. The third kappa shape index (κ3) is 4.42. The van der Waals surface area contributed by atoms with E-state index in [-0.39, 0.29) is 17.0 Å². The van der Waals surface area contributed by atoms with E-state index in [4.69, 9.17) is 0 Å². The predicted octanol–water partition coefficient (Wildman–Crippen LogP) is 0.892. The van der Waals surface area contributed by atoms with Crippen molar-refractivity contribution in [2.24, 2.45) is 4.99 Å². The van der Waals surface area contributed by atoms with E-state index < -0.39 is 9.84 Å². The summed E-state index contributed by atoms with van der Waals surface area (Å²) >= 11 is 1.65. The van der Waals surface area contributed by atoms with E-state index in [0.717, 1.165) is 10.9 Å². The molecular weight excluding hydrogens is 232 g/mol. The molecule has 6 heteroatoms. The van der Waals surface area contributed by atoms with Crippen LogP contribution in [-0.2, 0) is 9.84 Å². The van der Waals surface area contributed by atoms with Crippen LogP contribution in [0.3, 0.4) is 0 Å². The molecule has 0 radical (unpaired) electrons. The van der Waals surface area contributed by atoms with Gasteiger partial charge < -0.3 is 5.32 Å². The number of nitrogens with one attached hydrogen (secondary N) is 1. The first-order valence-electron chi connectivity index (χ1n) is 5.00. The second-order valence-electron chi connectivity index (χ2n) is 4.22. The molecule has 88 valence electrons. The number of aliphatic imine (C=N–C) groups is 1. The number of thioether (sulfide) groups is 1. The molecule has 4 nitrogen and oxygen atoms in total. The summed E-state index contributed by atoms with van der Waals surface area (Å²) < 4.78 is 22.4. The van der Waals surface area contributed by atoms with E-state index in [1.54, 1.807) is 18.7 Å². The minimum absolute atomic E-state index is 0.0765. The van der Waals surface area contributed by atoms with Crippen molar-refractivity contribution < 1.29 is 8.42 Å². The first kappa shape index (κ1) is 12.8. The average molecular weight is 250 g/mol. The molecule has 0 saturated carbocycles. The molecule has 1 heterocycles. The Morgan fingerprint density at radius 2 is 2.20 bits per heavy atom. The molecule has 0 amide bonds. The Kier molecular flexibility index (Phi) is 4.06. The Hall–Kier alpha value is -0.230. The van der Waals surface area contributed by atoms with Gasteiger partial charge in [-0.05, 0) is 13.8 Å². The summed E-state index contributed by atoms with van der Waals surface area (Å²) in [5.74, 6) is 1.33. The van der Waals surface area contributed by atoms with Crippen molar-refractivity contribution in [3.05, 3.63) is 0 Å². The van der Waals surface area contributed by atoms with Gasteiger partial charge in [-0.25, -0.2) is 8.42 Å². The summed E-state index contributed by atoms with van der Waals surface area (Å²) in [5.41, 5.74) is 0.0765. The first-order valence-corrected chi connectivity index (χ1v) is 7.81. The van der Waals surface area contributed by atoms with Crippen LogP contribution in [0.4, 0.5) is 0 Å². The first-order chi connectivity index (χ1) is 6.85. The van der Waals surface area contributed by atoms with Crippen LogP contribution in [0, 0.1) is 0 Å². The highest BCUT2D eigenvalue weighted by Gasteiger charge is 2.27. The molecule has 0 aromatic rings. The predicted molar refractivity (Wildman–Crippen MR) is 66.3 cm³/mol. The SMILES string of the molecule is CCS(=O)(=O)CCN=C1NC(C)(C)CS1. The van der Waals surface area contributed by atoms with E-state index in [1.807, 2.05) is 0 Å². The average Bonchev–Trinajstić information content (AvgIpc) is 2.45. The van der Waals surface area contributed by atoms with Gasteiger partial charge in [0, 0.05) is 17.0 Å². The lowest BCUT2D eigenvalue weighted by molar-refractivity contribution is 0.536. The lowest BCUT2D eigenvalue weighted by Crippen LogP contribution is -2.37. The summed E-state index contributed by atoms with van der Waals surface area (Å²) in [6.07, 6.45) is 0. The third-order valence-electron chi connectivity index (χ3n) is 2.11. The van der Waals surface area contributed by atoms with Crippen LogP contribution in [-0.4, -0.2) is 42.9 Å². The zero-order valence-corrected chi connectivity index (χ0v) is 11.0. The molecule has 1 N–H and O–H groups in total. The summed E-state index contributed by atoms with van der Waals surface area (Å²) in [6.45, 7) is 6.23. The second kappa shape index (κ2) is 4.74. The highest BCUT2D eigenvalue weighted by Crippen LogP contribution is 2.21. The zero-order chi connectivity index (χ0) is 11.5.